The number of hydrogen-bond donors (Lipinski definition) is 0. The minimum atomic E-state index is -0.488. The number of rotatable bonds is 1. The fourth-order valence-electron chi connectivity index (χ4n) is 4.19. The van der Waals surface area contributed by atoms with Gasteiger partial charge in [0, 0.05) is 31.0 Å². The Labute approximate surface area is 178 Å². The topological polar surface area (TPSA) is 55.3 Å². The molecule has 0 N–H and O–H groups in total. The van der Waals surface area contributed by atoms with E-state index in [1.165, 1.54) is 0 Å². The van der Waals surface area contributed by atoms with Crippen molar-refractivity contribution in [3.8, 4) is 5.75 Å². The van der Waals surface area contributed by atoms with Crippen LogP contribution < -0.4 is 9.64 Å². The van der Waals surface area contributed by atoms with E-state index in [4.69, 9.17) is 32.9 Å². The highest BCUT2D eigenvalue weighted by Crippen LogP contribution is 2.42. The molecule has 7 heteroatoms. The second-order valence-electron chi connectivity index (χ2n) is 7.80. The molecule has 0 saturated carbocycles. The van der Waals surface area contributed by atoms with Crippen LogP contribution in [0.3, 0.4) is 0 Å². The molecule has 0 amide bonds. The fraction of sp³-hybridized carbons (Fsp3) is 0.318. The number of ether oxygens (including phenoxy) is 1. The molecule has 3 aromatic rings. The Hall–Kier alpha value is -2.37. The third-order valence-electron chi connectivity index (χ3n) is 5.86. The first-order chi connectivity index (χ1) is 13.9. The number of nitrogens with zero attached hydrogens (tertiary/aromatic N) is 3. The first-order valence-electron chi connectivity index (χ1n) is 9.64. The average molecular weight is 428 g/mol. The fourth-order valence-corrected chi connectivity index (χ4v) is 4.61. The molecular weight excluding hydrogens is 409 g/mol. The summed E-state index contributed by atoms with van der Waals surface area (Å²) in [4.78, 5) is 24.1. The molecule has 1 saturated heterocycles. The van der Waals surface area contributed by atoms with E-state index in [9.17, 15) is 4.79 Å². The van der Waals surface area contributed by atoms with E-state index in [1.54, 1.807) is 6.07 Å². The molecule has 1 spiro atoms. The quantitative estimate of drug-likeness (QED) is 0.530. The molecule has 0 unspecified atom stereocenters. The number of para-hydroxylation sites is 2. The summed E-state index contributed by atoms with van der Waals surface area (Å²) in [7, 11) is 0. The maximum atomic E-state index is 12.8. The van der Waals surface area contributed by atoms with Gasteiger partial charge in [-0.05, 0) is 36.8 Å². The number of ketones is 1. The van der Waals surface area contributed by atoms with Crippen LogP contribution in [0.2, 0.25) is 10.2 Å². The number of hydrogen-bond acceptors (Lipinski definition) is 5. The number of aromatic nitrogens is 2. The van der Waals surface area contributed by atoms with Crippen molar-refractivity contribution < 1.29 is 9.53 Å². The number of carbonyl (C=O) groups excluding carboxylic acids is 1. The molecule has 0 aliphatic carbocycles. The Morgan fingerprint density at radius 3 is 2.48 bits per heavy atom. The van der Waals surface area contributed by atoms with Crippen LogP contribution in [0.5, 0.6) is 5.75 Å². The Balaban J connectivity index is 1.40. The maximum absolute atomic E-state index is 12.8. The number of halogens is 2. The molecule has 0 radical (unpaired) electrons. The first-order valence-corrected chi connectivity index (χ1v) is 10.4. The molecular formula is C22H19Cl2N3O2. The van der Waals surface area contributed by atoms with E-state index < -0.39 is 5.60 Å². The average Bonchev–Trinajstić information content (AvgIpc) is 2.70. The third kappa shape index (κ3) is 3.22. The molecule has 1 fully saturated rings. The summed E-state index contributed by atoms with van der Waals surface area (Å²) >= 11 is 12.6. The predicted molar refractivity (Wildman–Crippen MR) is 114 cm³/mol. The van der Waals surface area contributed by atoms with Gasteiger partial charge in [-0.25, -0.2) is 9.97 Å². The highest BCUT2D eigenvalue weighted by molar-refractivity contribution is 6.32. The Morgan fingerprint density at radius 1 is 1.07 bits per heavy atom. The molecule has 29 heavy (non-hydrogen) atoms. The second kappa shape index (κ2) is 6.85. The number of piperidine rings is 1. The highest BCUT2D eigenvalue weighted by Gasteiger charge is 2.43. The van der Waals surface area contributed by atoms with E-state index in [0.717, 1.165) is 16.6 Å². The molecule has 5 nitrogen and oxygen atoms in total. The number of Topliss-reactive ketones (excluding diaryl/α,β-unsaturated/α-hetero) is 1. The summed E-state index contributed by atoms with van der Waals surface area (Å²) in [5, 5.41) is 0.992. The maximum Gasteiger partial charge on any atom is 0.172 e. The number of anilines is 1. The number of benzene rings is 2. The van der Waals surface area contributed by atoms with Crippen LogP contribution >= 0.6 is 23.2 Å². The summed E-state index contributed by atoms with van der Waals surface area (Å²) < 4.78 is 6.38. The van der Waals surface area contributed by atoms with Crippen molar-refractivity contribution in [1.82, 2.24) is 9.97 Å². The zero-order valence-corrected chi connectivity index (χ0v) is 17.4. The number of aryl methyl sites for hydroxylation is 1. The van der Waals surface area contributed by atoms with Gasteiger partial charge in [0.05, 0.1) is 23.0 Å². The van der Waals surface area contributed by atoms with Crippen LogP contribution in [0, 0.1) is 6.92 Å². The lowest BCUT2D eigenvalue weighted by Crippen LogP contribution is -2.51. The molecule has 3 heterocycles. The van der Waals surface area contributed by atoms with Gasteiger partial charge in [0.15, 0.2) is 16.8 Å². The van der Waals surface area contributed by atoms with Gasteiger partial charge in [-0.1, -0.05) is 35.3 Å². The van der Waals surface area contributed by atoms with Gasteiger partial charge < -0.3 is 9.64 Å². The van der Waals surface area contributed by atoms with Gasteiger partial charge in [0.2, 0.25) is 0 Å². The van der Waals surface area contributed by atoms with Crippen molar-refractivity contribution in [3.63, 3.8) is 0 Å². The van der Waals surface area contributed by atoms with Gasteiger partial charge in [0.25, 0.3) is 0 Å². The van der Waals surface area contributed by atoms with Crippen LogP contribution in [-0.2, 0) is 0 Å². The summed E-state index contributed by atoms with van der Waals surface area (Å²) in [6.07, 6.45) is 1.79. The zero-order valence-electron chi connectivity index (χ0n) is 15.9. The van der Waals surface area contributed by atoms with Crippen LogP contribution in [0.15, 0.2) is 36.4 Å². The summed E-state index contributed by atoms with van der Waals surface area (Å²) in [5.41, 5.74) is 2.60. The van der Waals surface area contributed by atoms with Crippen LogP contribution in [-0.4, -0.2) is 34.4 Å². The second-order valence-corrected chi connectivity index (χ2v) is 8.56. The predicted octanol–water partition coefficient (Wildman–Crippen LogP) is 5.25. The smallest absolute Gasteiger partial charge is 0.172 e. The van der Waals surface area contributed by atoms with Crippen LogP contribution in [0.1, 0.15) is 35.2 Å². The summed E-state index contributed by atoms with van der Waals surface area (Å²) in [6.45, 7) is 3.31. The zero-order chi connectivity index (χ0) is 20.2. The largest absolute Gasteiger partial charge is 0.486 e. The first kappa shape index (κ1) is 18.6. The Kier molecular flexibility index (Phi) is 4.41. The standard InChI is InChI=1S/C22H19Cl2N3O2/c1-13-10-19-14(11-15(13)23)18(28)12-22(29-19)6-8-27(9-7-22)21-20(24)25-16-4-2-3-5-17(16)26-21/h2-5,10-11H,6-9,12H2,1H3. The molecule has 148 valence electrons. The summed E-state index contributed by atoms with van der Waals surface area (Å²) in [5.74, 6) is 1.41. The lowest BCUT2D eigenvalue weighted by atomic mass is 9.82. The van der Waals surface area contributed by atoms with E-state index >= 15 is 0 Å². The molecule has 2 aliphatic rings. The summed E-state index contributed by atoms with van der Waals surface area (Å²) in [6, 6.07) is 11.3. The van der Waals surface area contributed by atoms with E-state index in [2.05, 4.69) is 9.88 Å². The van der Waals surface area contributed by atoms with Gasteiger partial charge in [-0.3, -0.25) is 4.79 Å². The van der Waals surface area contributed by atoms with E-state index in [-0.39, 0.29) is 5.78 Å². The lowest BCUT2D eigenvalue weighted by Gasteiger charge is -2.44. The van der Waals surface area contributed by atoms with Crippen LogP contribution in [0.25, 0.3) is 11.0 Å². The number of carbonyl (C=O) groups is 1. The molecule has 1 aromatic heterocycles. The van der Waals surface area contributed by atoms with Crippen molar-refractivity contribution >= 4 is 45.8 Å². The van der Waals surface area contributed by atoms with Gasteiger partial charge in [-0.2, -0.15) is 0 Å². The Morgan fingerprint density at radius 2 is 1.76 bits per heavy atom. The van der Waals surface area contributed by atoms with Gasteiger partial charge in [-0.15, -0.1) is 0 Å². The van der Waals surface area contributed by atoms with Gasteiger partial charge in [0.1, 0.15) is 11.4 Å². The van der Waals surface area contributed by atoms with E-state index in [1.807, 2.05) is 37.3 Å². The SMILES string of the molecule is Cc1cc2c(cc1Cl)C(=O)CC1(CCN(c3nc4ccccc4nc3Cl)CC1)O2. The minimum Gasteiger partial charge on any atom is -0.486 e. The van der Waals surface area contributed by atoms with E-state index in [0.29, 0.717) is 59.7 Å². The van der Waals surface area contributed by atoms with Crippen molar-refractivity contribution in [2.24, 2.45) is 0 Å². The monoisotopic (exact) mass is 427 g/mol. The van der Waals surface area contributed by atoms with Crippen molar-refractivity contribution in [2.75, 3.05) is 18.0 Å². The normalized spacial score (nSPS) is 18.0. The van der Waals surface area contributed by atoms with Gasteiger partial charge >= 0.3 is 0 Å². The van der Waals surface area contributed by atoms with Crippen LogP contribution in [0.4, 0.5) is 5.82 Å². The molecule has 0 atom stereocenters. The molecule has 2 aliphatic heterocycles. The Bertz CT molecular complexity index is 1140. The lowest BCUT2D eigenvalue weighted by molar-refractivity contribution is 0.0231. The number of fused-ring (bicyclic) bond motifs is 2. The third-order valence-corrected chi connectivity index (χ3v) is 6.52. The van der Waals surface area contributed by atoms with Crippen molar-refractivity contribution in [2.45, 2.75) is 31.8 Å². The molecule has 0 bridgehead atoms. The van der Waals surface area contributed by atoms with Crippen molar-refractivity contribution in [3.05, 3.63) is 57.7 Å². The minimum absolute atomic E-state index is 0.0881. The molecule has 2 aromatic carbocycles. The van der Waals surface area contributed by atoms with Crippen molar-refractivity contribution in [1.29, 1.82) is 0 Å². The highest BCUT2D eigenvalue weighted by atomic mass is 35.5. The molecule has 5 rings (SSSR count).